The van der Waals surface area contributed by atoms with Crippen LogP contribution in [-0.2, 0) is 0 Å². The molecule has 0 unspecified atom stereocenters. The quantitative estimate of drug-likeness (QED) is 0.434. The normalized spacial score (nSPS) is 12.1. The molecule has 0 spiro atoms. The van der Waals surface area contributed by atoms with Crippen LogP contribution < -0.4 is 21.1 Å². The summed E-state index contributed by atoms with van der Waals surface area (Å²) < 4.78 is 6.20. The number of para-hydroxylation sites is 2. The summed E-state index contributed by atoms with van der Waals surface area (Å²) in [6.07, 6.45) is 0. The third-order valence-electron chi connectivity index (χ3n) is 5.28. The number of aryl methyl sites for hydroxylation is 1. The molecule has 0 radical (unpaired) electrons. The Labute approximate surface area is 160 Å². The van der Waals surface area contributed by atoms with E-state index < -0.39 is 0 Å². The molecule has 0 fully saturated rings. The van der Waals surface area contributed by atoms with Gasteiger partial charge >= 0.3 is 0 Å². The molecule has 1 aliphatic heterocycles. The summed E-state index contributed by atoms with van der Waals surface area (Å²) in [6, 6.07) is 34.2. The van der Waals surface area contributed by atoms with Crippen molar-refractivity contribution in [1.29, 1.82) is 0 Å². The minimum atomic E-state index is 0.154. The van der Waals surface area contributed by atoms with Crippen LogP contribution in [0, 0.1) is 6.92 Å². The molecule has 0 N–H and O–H groups in total. The maximum atomic E-state index is 6.20. The monoisotopic (exact) mass is 346 g/mol. The van der Waals surface area contributed by atoms with E-state index in [-0.39, 0.29) is 6.71 Å². The van der Waals surface area contributed by atoms with E-state index in [9.17, 15) is 0 Å². The lowest BCUT2D eigenvalue weighted by Gasteiger charge is -2.28. The molecule has 0 saturated carbocycles. The van der Waals surface area contributed by atoms with Gasteiger partial charge in [-0.3, -0.25) is 0 Å². The highest BCUT2D eigenvalue weighted by Gasteiger charge is 2.33. The Morgan fingerprint density at radius 2 is 1.19 bits per heavy atom. The van der Waals surface area contributed by atoms with E-state index in [2.05, 4.69) is 91.9 Å². The zero-order valence-electron chi connectivity index (χ0n) is 15.2. The van der Waals surface area contributed by atoms with Crippen molar-refractivity contribution in [2.24, 2.45) is 0 Å². The third-order valence-corrected chi connectivity index (χ3v) is 5.28. The molecule has 128 valence electrons. The van der Waals surface area contributed by atoms with Crippen molar-refractivity contribution in [2.45, 2.75) is 6.92 Å². The number of rotatable bonds is 2. The van der Waals surface area contributed by atoms with Crippen LogP contribution in [0.4, 0.5) is 0 Å². The minimum Gasteiger partial charge on any atom is -0.458 e. The van der Waals surface area contributed by atoms with Gasteiger partial charge in [0, 0.05) is 0 Å². The van der Waals surface area contributed by atoms with E-state index in [1.165, 1.54) is 33.1 Å². The highest BCUT2D eigenvalue weighted by Crippen LogP contribution is 2.26. The number of benzene rings is 4. The number of hydrogen-bond acceptors (Lipinski definition) is 1. The first-order valence-electron chi connectivity index (χ1n) is 9.33. The van der Waals surface area contributed by atoms with E-state index >= 15 is 0 Å². The summed E-state index contributed by atoms with van der Waals surface area (Å²) in [6.45, 7) is 2.32. The van der Waals surface area contributed by atoms with Crippen molar-refractivity contribution < 1.29 is 4.74 Å². The Kier molecular flexibility index (Phi) is 3.83. The summed E-state index contributed by atoms with van der Waals surface area (Å²) in [4.78, 5) is 0. The fourth-order valence-corrected chi connectivity index (χ4v) is 4.05. The molecule has 1 nitrogen and oxygen atoms in total. The van der Waals surface area contributed by atoms with Gasteiger partial charge in [0.15, 0.2) is 0 Å². The van der Waals surface area contributed by atoms with Crippen molar-refractivity contribution in [3.05, 3.63) is 103 Å². The van der Waals surface area contributed by atoms with Crippen LogP contribution in [0.2, 0.25) is 0 Å². The standard InChI is InChI=1S/C25H19BO/c1-18-15-16-20(19-9-3-2-4-10-19)23(17-18)26-21-11-5-7-13-24(21)27-25-14-8-6-12-22(25)26/h2-17H,1H3. The molecule has 0 atom stereocenters. The number of ether oxygens (including phenoxy) is 1. The van der Waals surface area contributed by atoms with Crippen molar-refractivity contribution >= 4 is 23.1 Å². The van der Waals surface area contributed by atoms with E-state index in [0.29, 0.717) is 0 Å². The highest BCUT2D eigenvalue weighted by molar-refractivity contribution is 6.97. The average molecular weight is 346 g/mol. The second-order valence-corrected chi connectivity index (χ2v) is 7.07. The van der Waals surface area contributed by atoms with E-state index in [1.807, 2.05) is 12.1 Å². The molecule has 4 aromatic carbocycles. The maximum Gasteiger partial charge on any atom is 0.251 e. The van der Waals surface area contributed by atoms with Crippen molar-refractivity contribution in [3.63, 3.8) is 0 Å². The van der Waals surface area contributed by atoms with Gasteiger partial charge in [0.1, 0.15) is 11.5 Å². The van der Waals surface area contributed by atoms with Gasteiger partial charge in [-0.15, -0.1) is 0 Å². The van der Waals surface area contributed by atoms with Gasteiger partial charge in [-0.1, -0.05) is 96.0 Å². The van der Waals surface area contributed by atoms with Crippen molar-refractivity contribution in [2.75, 3.05) is 0 Å². The van der Waals surface area contributed by atoms with Crippen LogP contribution >= 0.6 is 0 Å². The lowest BCUT2D eigenvalue weighted by atomic mass is 9.35. The molecule has 0 saturated heterocycles. The summed E-state index contributed by atoms with van der Waals surface area (Å²) >= 11 is 0. The Balaban J connectivity index is 1.80. The van der Waals surface area contributed by atoms with E-state index in [0.717, 1.165) is 11.5 Å². The zero-order chi connectivity index (χ0) is 18.2. The first kappa shape index (κ1) is 16.0. The van der Waals surface area contributed by atoms with Crippen molar-refractivity contribution in [1.82, 2.24) is 0 Å². The number of fused-ring (bicyclic) bond motifs is 2. The summed E-state index contributed by atoms with van der Waals surface area (Å²) in [5.41, 5.74) is 7.56. The van der Waals surface area contributed by atoms with E-state index in [1.54, 1.807) is 0 Å². The second-order valence-electron chi connectivity index (χ2n) is 7.07. The predicted octanol–water partition coefficient (Wildman–Crippen LogP) is 4.28. The Bertz CT molecular complexity index is 1070. The average Bonchev–Trinajstić information content (AvgIpc) is 2.72. The predicted molar refractivity (Wildman–Crippen MR) is 114 cm³/mol. The molecule has 0 amide bonds. The first-order valence-corrected chi connectivity index (χ1v) is 9.33. The van der Waals surface area contributed by atoms with Gasteiger partial charge in [-0.25, -0.2) is 0 Å². The van der Waals surface area contributed by atoms with Crippen LogP contribution in [0.1, 0.15) is 5.56 Å². The van der Waals surface area contributed by atoms with Gasteiger partial charge in [-0.05, 0) is 41.1 Å². The smallest absolute Gasteiger partial charge is 0.251 e. The van der Waals surface area contributed by atoms with Crippen LogP contribution in [0.25, 0.3) is 11.1 Å². The van der Waals surface area contributed by atoms with Gasteiger partial charge in [-0.2, -0.15) is 0 Å². The Hall–Kier alpha value is -3.26. The van der Waals surface area contributed by atoms with Crippen LogP contribution in [0.15, 0.2) is 97.1 Å². The third kappa shape index (κ3) is 2.74. The fourth-order valence-electron chi connectivity index (χ4n) is 4.05. The van der Waals surface area contributed by atoms with Crippen molar-refractivity contribution in [3.8, 4) is 22.6 Å². The molecule has 4 aromatic rings. The molecular weight excluding hydrogens is 327 g/mol. The number of hydrogen-bond donors (Lipinski definition) is 0. The topological polar surface area (TPSA) is 9.23 Å². The molecule has 1 heterocycles. The molecular formula is C25H19BO. The highest BCUT2D eigenvalue weighted by atomic mass is 16.5. The fraction of sp³-hybridized carbons (Fsp3) is 0.0400. The molecule has 0 bridgehead atoms. The van der Waals surface area contributed by atoms with Crippen LogP contribution in [0.3, 0.4) is 0 Å². The zero-order valence-corrected chi connectivity index (χ0v) is 15.2. The van der Waals surface area contributed by atoms with Gasteiger partial charge in [0.25, 0.3) is 6.71 Å². The summed E-state index contributed by atoms with van der Waals surface area (Å²) in [5.74, 6) is 1.89. The largest absolute Gasteiger partial charge is 0.458 e. The molecule has 27 heavy (non-hydrogen) atoms. The van der Waals surface area contributed by atoms with Gasteiger partial charge < -0.3 is 4.74 Å². The summed E-state index contributed by atoms with van der Waals surface area (Å²) in [7, 11) is 0. The second kappa shape index (κ2) is 6.48. The molecule has 1 aliphatic rings. The van der Waals surface area contributed by atoms with E-state index in [4.69, 9.17) is 4.74 Å². The molecule has 5 rings (SSSR count). The Morgan fingerprint density at radius 1 is 0.593 bits per heavy atom. The summed E-state index contributed by atoms with van der Waals surface area (Å²) in [5, 5.41) is 0. The molecule has 0 aliphatic carbocycles. The maximum absolute atomic E-state index is 6.20. The first-order chi connectivity index (χ1) is 13.3. The van der Waals surface area contributed by atoms with Crippen LogP contribution in [-0.4, -0.2) is 6.71 Å². The minimum absolute atomic E-state index is 0.154. The SMILES string of the molecule is Cc1ccc(-c2ccccc2)c(B2c3ccccc3Oc3ccccc32)c1. The Morgan fingerprint density at radius 3 is 1.85 bits per heavy atom. The lowest BCUT2D eigenvalue weighted by Crippen LogP contribution is -2.55. The molecule has 0 aromatic heterocycles. The van der Waals surface area contributed by atoms with Crippen LogP contribution in [0.5, 0.6) is 11.5 Å². The van der Waals surface area contributed by atoms with Gasteiger partial charge in [0.05, 0.1) is 0 Å². The lowest BCUT2D eigenvalue weighted by molar-refractivity contribution is 0.487. The molecule has 2 heteroatoms. The van der Waals surface area contributed by atoms with Gasteiger partial charge in [0.2, 0.25) is 0 Å².